The van der Waals surface area contributed by atoms with Gasteiger partial charge in [0.25, 0.3) is 5.91 Å². The molecule has 2 heterocycles. The third-order valence-electron chi connectivity index (χ3n) is 3.52. The monoisotopic (exact) mass is 354 g/mol. The van der Waals surface area contributed by atoms with Crippen LogP contribution in [0.4, 0.5) is 4.79 Å². The Morgan fingerprint density at radius 1 is 1.29 bits per heavy atom. The Bertz CT molecular complexity index is 693. The molecule has 1 saturated heterocycles. The number of hydrogen-bond acceptors (Lipinski definition) is 6. The van der Waals surface area contributed by atoms with E-state index in [1.54, 1.807) is 0 Å². The Hall–Kier alpha value is -2.48. The van der Waals surface area contributed by atoms with Gasteiger partial charge in [-0.05, 0) is 12.1 Å². The van der Waals surface area contributed by atoms with Crippen LogP contribution in [0.15, 0.2) is 12.1 Å². The van der Waals surface area contributed by atoms with Crippen molar-refractivity contribution >= 4 is 29.5 Å². The zero-order chi connectivity index (χ0) is 17.1. The predicted molar refractivity (Wildman–Crippen MR) is 82.5 cm³/mol. The zero-order valence-electron chi connectivity index (χ0n) is 12.7. The fraction of sp³-hybridized carbons (Fsp3) is 0.400. The molecule has 0 radical (unpaired) electrons. The average molecular weight is 355 g/mol. The van der Waals surface area contributed by atoms with E-state index < -0.39 is 24.5 Å². The van der Waals surface area contributed by atoms with Crippen LogP contribution in [0.2, 0.25) is 5.02 Å². The first-order valence-corrected chi connectivity index (χ1v) is 7.78. The molecule has 0 aromatic heterocycles. The molecular formula is C15H15ClN2O6. The molecule has 24 heavy (non-hydrogen) atoms. The van der Waals surface area contributed by atoms with Gasteiger partial charge in [-0.25, -0.2) is 9.59 Å². The van der Waals surface area contributed by atoms with Gasteiger partial charge in [-0.1, -0.05) is 11.6 Å². The molecule has 8 nitrogen and oxygen atoms in total. The molecule has 1 N–H and O–H groups in total. The molecule has 2 aliphatic heterocycles. The lowest BCUT2D eigenvalue weighted by Gasteiger charge is -2.13. The lowest BCUT2D eigenvalue weighted by atomic mass is 10.2. The van der Waals surface area contributed by atoms with Crippen LogP contribution in [0.25, 0.3) is 0 Å². The summed E-state index contributed by atoms with van der Waals surface area (Å²) in [5.74, 6) is -0.577. The minimum atomic E-state index is -0.736. The molecule has 0 aliphatic carbocycles. The highest BCUT2D eigenvalue weighted by molar-refractivity contribution is 6.32. The van der Waals surface area contributed by atoms with E-state index in [-0.39, 0.29) is 17.1 Å². The molecular weight excluding hydrogens is 340 g/mol. The zero-order valence-corrected chi connectivity index (χ0v) is 13.4. The van der Waals surface area contributed by atoms with Crippen molar-refractivity contribution in [1.29, 1.82) is 0 Å². The fourth-order valence-corrected chi connectivity index (χ4v) is 2.61. The highest BCUT2D eigenvalue weighted by Crippen LogP contribution is 2.38. The molecule has 9 heteroatoms. The SMILES string of the molecule is O=C(OCC(=O)N1CCNC1=O)c1cc(Cl)c2c(c1)OCCCO2. The number of halogens is 1. The number of fused-ring (bicyclic) bond motifs is 1. The van der Waals surface area contributed by atoms with E-state index in [0.29, 0.717) is 37.7 Å². The molecule has 3 rings (SSSR count). The van der Waals surface area contributed by atoms with Gasteiger partial charge in [0.2, 0.25) is 0 Å². The van der Waals surface area contributed by atoms with Gasteiger partial charge in [-0.3, -0.25) is 9.69 Å². The molecule has 1 fully saturated rings. The number of esters is 1. The lowest BCUT2D eigenvalue weighted by Crippen LogP contribution is -2.37. The van der Waals surface area contributed by atoms with Crippen molar-refractivity contribution in [2.45, 2.75) is 6.42 Å². The molecule has 0 spiro atoms. The first kappa shape index (κ1) is 16.4. The van der Waals surface area contributed by atoms with Crippen molar-refractivity contribution in [3.63, 3.8) is 0 Å². The van der Waals surface area contributed by atoms with E-state index in [9.17, 15) is 14.4 Å². The van der Waals surface area contributed by atoms with E-state index in [0.717, 1.165) is 4.90 Å². The Kier molecular flexibility index (Phi) is 4.75. The lowest BCUT2D eigenvalue weighted by molar-refractivity contribution is -0.130. The fourth-order valence-electron chi connectivity index (χ4n) is 2.35. The maximum absolute atomic E-state index is 12.1. The van der Waals surface area contributed by atoms with Gasteiger partial charge >= 0.3 is 12.0 Å². The van der Waals surface area contributed by atoms with E-state index in [2.05, 4.69) is 5.32 Å². The quantitative estimate of drug-likeness (QED) is 0.820. The maximum Gasteiger partial charge on any atom is 0.338 e. The van der Waals surface area contributed by atoms with Crippen LogP contribution in [0.1, 0.15) is 16.8 Å². The predicted octanol–water partition coefficient (Wildman–Crippen LogP) is 1.21. The van der Waals surface area contributed by atoms with Gasteiger partial charge in [-0.2, -0.15) is 0 Å². The van der Waals surface area contributed by atoms with Crippen LogP contribution in [-0.2, 0) is 9.53 Å². The summed E-state index contributed by atoms with van der Waals surface area (Å²) in [5, 5.41) is 2.72. The number of nitrogens with one attached hydrogen (secondary N) is 1. The van der Waals surface area contributed by atoms with E-state index >= 15 is 0 Å². The van der Waals surface area contributed by atoms with E-state index in [1.165, 1.54) is 12.1 Å². The number of imide groups is 1. The third kappa shape index (κ3) is 3.38. The highest BCUT2D eigenvalue weighted by Gasteiger charge is 2.27. The van der Waals surface area contributed by atoms with Gasteiger partial charge in [0.05, 0.1) is 23.8 Å². The summed E-state index contributed by atoms with van der Waals surface area (Å²) in [6.45, 7) is 1.03. The summed E-state index contributed by atoms with van der Waals surface area (Å²) < 4.78 is 15.9. The average Bonchev–Trinajstić information content (AvgIpc) is 2.84. The molecule has 0 atom stereocenters. The van der Waals surface area contributed by atoms with Gasteiger partial charge in [0, 0.05) is 19.5 Å². The second-order valence-corrected chi connectivity index (χ2v) is 5.60. The Balaban J connectivity index is 1.67. The number of carbonyl (C=O) groups is 3. The number of hydrogen-bond donors (Lipinski definition) is 1. The number of nitrogens with zero attached hydrogens (tertiary/aromatic N) is 1. The van der Waals surface area contributed by atoms with Gasteiger partial charge < -0.3 is 19.5 Å². The van der Waals surface area contributed by atoms with Crippen molar-refractivity contribution in [1.82, 2.24) is 10.2 Å². The minimum absolute atomic E-state index is 0.142. The normalized spacial score (nSPS) is 16.4. The second kappa shape index (κ2) is 6.96. The van der Waals surface area contributed by atoms with Gasteiger partial charge in [0.1, 0.15) is 0 Å². The summed E-state index contributed by atoms with van der Waals surface area (Å²) in [4.78, 5) is 36.3. The summed E-state index contributed by atoms with van der Waals surface area (Å²) in [6.07, 6.45) is 0.706. The smallest absolute Gasteiger partial charge is 0.338 e. The van der Waals surface area contributed by atoms with Crippen LogP contribution < -0.4 is 14.8 Å². The van der Waals surface area contributed by atoms with Crippen molar-refractivity contribution in [2.75, 3.05) is 32.9 Å². The van der Waals surface area contributed by atoms with E-state index in [4.69, 9.17) is 25.8 Å². The van der Waals surface area contributed by atoms with Crippen molar-refractivity contribution in [3.8, 4) is 11.5 Å². The highest BCUT2D eigenvalue weighted by atomic mass is 35.5. The number of amides is 3. The minimum Gasteiger partial charge on any atom is -0.489 e. The summed E-state index contributed by atoms with van der Waals surface area (Å²) in [5.41, 5.74) is 0.142. The van der Waals surface area contributed by atoms with Crippen molar-refractivity contribution in [3.05, 3.63) is 22.7 Å². The topological polar surface area (TPSA) is 94.2 Å². The van der Waals surface area contributed by atoms with Crippen LogP contribution in [0, 0.1) is 0 Å². The molecule has 3 amide bonds. The molecule has 1 aromatic carbocycles. The van der Waals surface area contributed by atoms with Crippen molar-refractivity contribution < 1.29 is 28.6 Å². The molecule has 0 bridgehead atoms. The number of carbonyl (C=O) groups excluding carboxylic acids is 3. The standard InChI is InChI=1S/C15H15ClN2O6/c16-10-6-9(7-11-13(10)23-5-1-4-22-11)14(20)24-8-12(19)18-3-2-17-15(18)21/h6-7H,1-5,8H2,(H,17,21). The Morgan fingerprint density at radius 2 is 2.08 bits per heavy atom. The van der Waals surface area contributed by atoms with Crippen LogP contribution in [0.3, 0.4) is 0 Å². The number of urea groups is 1. The van der Waals surface area contributed by atoms with Crippen molar-refractivity contribution in [2.24, 2.45) is 0 Å². The largest absolute Gasteiger partial charge is 0.489 e. The summed E-state index contributed by atoms with van der Waals surface area (Å²) in [7, 11) is 0. The second-order valence-electron chi connectivity index (χ2n) is 5.19. The number of benzene rings is 1. The molecule has 128 valence electrons. The van der Waals surface area contributed by atoms with Crippen LogP contribution in [0.5, 0.6) is 11.5 Å². The number of rotatable bonds is 3. The van der Waals surface area contributed by atoms with Crippen LogP contribution >= 0.6 is 11.6 Å². The Morgan fingerprint density at radius 3 is 2.83 bits per heavy atom. The summed E-state index contributed by atoms with van der Waals surface area (Å²) >= 11 is 6.11. The van der Waals surface area contributed by atoms with E-state index in [1.807, 2.05) is 0 Å². The molecule has 0 saturated carbocycles. The first-order valence-electron chi connectivity index (χ1n) is 7.41. The van der Waals surface area contributed by atoms with Gasteiger partial charge in [0.15, 0.2) is 18.1 Å². The van der Waals surface area contributed by atoms with Gasteiger partial charge in [-0.15, -0.1) is 0 Å². The molecule has 2 aliphatic rings. The molecule has 1 aromatic rings. The van der Waals surface area contributed by atoms with Crippen LogP contribution in [-0.4, -0.2) is 55.7 Å². The maximum atomic E-state index is 12.1. The Labute approximate surface area is 142 Å². The molecule has 0 unspecified atom stereocenters. The third-order valence-corrected chi connectivity index (χ3v) is 3.80. The number of ether oxygens (including phenoxy) is 3. The first-order chi connectivity index (χ1) is 11.6. The summed E-state index contributed by atoms with van der Waals surface area (Å²) in [6, 6.07) is 2.36.